The number of hydrogen-bond acceptors (Lipinski definition) is 2. The molecule has 0 atom stereocenters. The minimum atomic E-state index is 0.695. The van der Waals surface area contributed by atoms with Gasteiger partial charge < -0.3 is 15.0 Å². The Balaban J connectivity index is 2.16. The van der Waals surface area contributed by atoms with Gasteiger partial charge in [0.1, 0.15) is 5.75 Å². The molecule has 2 aromatic rings. The number of nitrogens with two attached hydrogens (primary N) is 1. The smallest absolute Gasteiger partial charge is 0.119 e. The molecule has 1 aromatic heterocycles. The summed E-state index contributed by atoms with van der Waals surface area (Å²) in [6.45, 7) is 0.695. The van der Waals surface area contributed by atoms with Gasteiger partial charge in [-0.05, 0) is 49.6 Å². The van der Waals surface area contributed by atoms with Crippen LogP contribution in [0.3, 0.4) is 0 Å². The molecule has 17 heavy (non-hydrogen) atoms. The second-order valence-electron chi connectivity index (χ2n) is 4.71. The van der Waals surface area contributed by atoms with E-state index in [1.807, 2.05) is 6.07 Å². The van der Waals surface area contributed by atoms with Gasteiger partial charge in [-0.1, -0.05) is 0 Å². The van der Waals surface area contributed by atoms with Crippen molar-refractivity contribution in [3.8, 4) is 5.75 Å². The molecule has 90 valence electrons. The number of benzene rings is 1. The first-order valence-corrected chi connectivity index (χ1v) is 6.21. The van der Waals surface area contributed by atoms with Crippen molar-refractivity contribution >= 4 is 10.9 Å². The third kappa shape index (κ3) is 1.80. The van der Waals surface area contributed by atoms with Gasteiger partial charge in [-0.2, -0.15) is 0 Å². The summed E-state index contributed by atoms with van der Waals surface area (Å²) in [4.78, 5) is 0. The molecule has 0 aliphatic heterocycles. The number of fused-ring (bicyclic) bond motifs is 1. The lowest BCUT2D eigenvalue weighted by Crippen LogP contribution is -2.02. The fourth-order valence-electron chi connectivity index (χ4n) is 2.44. The third-order valence-electron chi connectivity index (χ3n) is 3.48. The Hall–Kier alpha value is -1.48. The molecule has 0 spiro atoms. The Morgan fingerprint density at radius 2 is 2.24 bits per heavy atom. The molecule has 0 saturated heterocycles. The molecule has 0 unspecified atom stereocenters. The fourth-order valence-corrected chi connectivity index (χ4v) is 2.44. The summed E-state index contributed by atoms with van der Waals surface area (Å²) >= 11 is 0. The third-order valence-corrected chi connectivity index (χ3v) is 3.48. The topological polar surface area (TPSA) is 40.2 Å². The zero-order valence-corrected chi connectivity index (χ0v) is 10.1. The summed E-state index contributed by atoms with van der Waals surface area (Å²) in [5, 5.41) is 1.29. The molecule has 1 saturated carbocycles. The largest absolute Gasteiger partial charge is 0.497 e. The van der Waals surface area contributed by atoms with E-state index < -0.39 is 0 Å². The monoisotopic (exact) mass is 230 g/mol. The van der Waals surface area contributed by atoms with Crippen LogP contribution in [0.4, 0.5) is 0 Å². The van der Waals surface area contributed by atoms with E-state index in [0.29, 0.717) is 12.6 Å². The van der Waals surface area contributed by atoms with Crippen molar-refractivity contribution in [2.75, 3.05) is 13.7 Å². The summed E-state index contributed by atoms with van der Waals surface area (Å²) in [7, 11) is 1.71. The van der Waals surface area contributed by atoms with Crippen molar-refractivity contribution in [2.24, 2.45) is 5.73 Å². The zero-order valence-electron chi connectivity index (χ0n) is 10.1. The highest BCUT2D eigenvalue weighted by molar-refractivity contribution is 5.85. The highest BCUT2D eigenvalue weighted by atomic mass is 16.5. The molecular formula is C14H18N2O. The number of nitrogens with zero attached hydrogens (tertiary/aromatic N) is 1. The summed E-state index contributed by atoms with van der Waals surface area (Å²) < 4.78 is 7.70. The van der Waals surface area contributed by atoms with Gasteiger partial charge in [-0.15, -0.1) is 0 Å². The molecule has 0 bridgehead atoms. The number of ether oxygens (including phenoxy) is 1. The van der Waals surface area contributed by atoms with Crippen LogP contribution in [0.2, 0.25) is 0 Å². The summed E-state index contributed by atoms with van der Waals surface area (Å²) in [5.41, 5.74) is 8.34. The van der Waals surface area contributed by atoms with E-state index in [2.05, 4.69) is 22.9 Å². The van der Waals surface area contributed by atoms with Gasteiger partial charge >= 0.3 is 0 Å². The normalized spacial score (nSPS) is 15.4. The maximum Gasteiger partial charge on any atom is 0.119 e. The standard InChI is InChI=1S/C14H18N2O/c1-17-12-4-5-14-13(8-12)10(6-7-15)9-16(14)11-2-3-11/h4-5,8-9,11H,2-3,6-7,15H2,1H3. The maximum atomic E-state index is 5.68. The van der Waals surface area contributed by atoms with Gasteiger partial charge in [-0.3, -0.25) is 0 Å². The molecule has 3 rings (SSSR count). The molecule has 0 amide bonds. The lowest BCUT2D eigenvalue weighted by atomic mass is 10.1. The van der Waals surface area contributed by atoms with Crippen LogP contribution in [-0.4, -0.2) is 18.2 Å². The molecule has 1 aliphatic rings. The zero-order chi connectivity index (χ0) is 11.8. The van der Waals surface area contributed by atoms with E-state index in [-0.39, 0.29) is 0 Å². The van der Waals surface area contributed by atoms with E-state index in [9.17, 15) is 0 Å². The van der Waals surface area contributed by atoms with Gasteiger partial charge in [0, 0.05) is 23.1 Å². The van der Waals surface area contributed by atoms with Crippen LogP contribution in [-0.2, 0) is 6.42 Å². The minimum absolute atomic E-state index is 0.695. The van der Waals surface area contributed by atoms with Crippen molar-refractivity contribution in [3.63, 3.8) is 0 Å². The number of aromatic nitrogens is 1. The van der Waals surface area contributed by atoms with Crippen molar-refractivity contribution in [3.05, 3.63) is 30.0 Å². The van der Waals surface area contributed by atoms with Gasteiger partial charge in [0.15, 0.2) is 0 Å². The Morgan fingerprint density at radius 3 is 2.88 bits per heavy atom. The fraction of sp³-hybridized carbons (Fsp3) is 0.429. The molecule has 1 aromatic carbocycles. The highest BCUT2D eigenvalue weighted by Crippen LogP contribution is 2.39. The van der Waals surface area contributed by atoms with Crippen LogP contribution in [0.15, 0.2) is 24.4 Å². The summed E-state index contributed by atoms with van der Waals surface area (Å²) in [6, 6.07) is 7.02. The van der Waals surface area contributed by atoms with E-state index in [1.165, 1.54) is 29.3 Å². The first kappa shape index (κ1) is 10.7. The first-order chi connectivity index (χ1) is 8.33. The second kappa shape index (κ2) is 4.08. The quantitative estimate of drug-likeness (QED) is 0.876. The maximum absolute atomic E-state index is 5.68. The van der Waals surface area contributed by atoms with Gasteiger partial charge in [0.2, 0.25) is 0 Å². The van der Waals surface area contributed by atoms with E-state index in [0.717, 1.165) is 12.2 Å². The number of methoxy groups -OCH3 is 1. The number of hydrogen-bond donors (Lipinski definition) is 1. The average molecular weight is 230 g/mol. The second-order valence-corrected chi connectivity index (χ2v) is 4.71. The van der Waals surface area contributed by atoms with Crippen LogP contribution in [0.5, 0.6) is 5.75 Å². The van der Waals surface area contributed by atoms with Crippen molar-refractivity contribution in [2.45, 2.75) is 25.3 Å². The Labute approximate surface area is 101 Å². The first-order valence-electron chi connectivity index (χ1n) is 6.21. The predicted molar refractivity (Wildman–Crippen MR) is 69.5 cm³/mol. The van der Waals surface area contributed by atoms with Gasteiger partial charge in [0.05, 0.1) is 7.11 Å². The molecule has 1 fully saturated rings. The van der Waals surface area contributed by atoms with Crippen LogP contribution in [0.1, 0.15) is 24.4 Å². The lowest BCUT2D eigenvalue weighted by Gasteiger charge is -2.03. The highest BCUT2D eigenvalue weighted by Gasteiger charge is 2.25. The molecule has 3 nitrogen and oxygen atoms in total. The van der Waals surface area contributed by atoms with E-state index in [1.54, 1.807) is 7.11 Å². The number of rotatable bonds is 4. The minimum Gasteiger partial charge on any atom is -0.497 e. The van der Waals surface area contributed by atoms with E-state index >= 15 is 0 Å². The summed E-state index contributed by atoms with van der Waals surface area (Å²) in [6.07, 6.45) is 5.81. The Morgan fingerprint density at radius 1 is 1.41 bits per heavy atom. The molecule has 1 aliphatic carbocycles. The van der Waals surface area contributed by atoms with Crippen LogP contribution >= 0.6 is 0 Å². The lowest BCUT2D eigenvalue weighted by molar-refractivity contribution is 0.415. The van der Waals surface area contributed by atoms with Gasteiger partial charge in [-0.25, -0.2) is 0 Å². The molecule has 1 heterocycles. The average Bonchev–Trinajstić information content (AvgIpc) is 3.14. The van der Waals surface area contributed by atoms with Crippen LogP contribution in [0, 0.1) is 0 Å². The van der Waals surface area contributed by atoms with Crippen molar-refractivity contribution in [1.82, 2.24) is 4.57 Å². The van der Waals surface area contributed by atoms with E-state index in [4.69, 9.17) is 10.5 Å². The molecule has 3 heteroatoms. The predicted octanol–water partition coefficient (Wildman–Crippen LogP) is 2.49. The Kier molecular flexibility index (Phi) is 2.56. The van der Waals surface area contributed by atoms with Crippen LogP contribution < -0.4 is 10.5 Å². The van der Waals surface area contributed by atoms with Crippen molar-refractivity contribution in [1.29, 1.82) is 0 Å². The molecule has 2 N–H and O–H groups in total. The van der Waals surface area contributed by atoms with Crippen LogP contribution in [0.25, 0.3) is 10.9 Å². The SMILES string of the molecule is COc1ccc2c(c1)c(CCN)cn2C1CC1. The Bertz CT molecular complexity index is 540. The van der Waals surface area contributed by atoms with Gasteiger partial charge in [0.25, 0.3) is 0 Å². The summed E-state index contributed by atoms with van der Waals surface area (Å²) in [5.74, 6) is 0.921. The van der Waals surface area contributed by atoms with Crippen molar-refractivity contribution < 1.29 is 4.74 Å². The molecule has 0 radical (unpaired) electrons. The molecular weight excluding hydrogens is 212 g/mol.